The van der Waals surface area contributed by atoms with Crippen LogP contribution in [0.25, 0.3) is 11.0 Å². The Hall–Kier alpha value is -1.34. The molecule has 5 nitrogen and oxygen atoms in total. The summed E-state index contributed by atoms with van der Waals surface area (Å²) in [6.45, 7) is 0. The van der Waals surface area contributed by atoms with Crippen LogP contribution in [0.3, 0.4) is 0 Å². The highest BCUT2D eigenvalue weighted by atomic mass is 32.2. The predicted octanol–water partition coefficient (Wildman–Crippen LogP) is 2.90. The van der Waals surface area contributed by atoms with E-state index >= 15 is 0 Å². The molecule has 0 saturated carbocycles. The highest BCUT2D eigenvalue weighted by Gasteiger charge is 2.23. The average molecular weight is 324 g/mol. The van der Waals surface area contributed by atoms with Gasteiger partial charge in [-0.05, 0) is 24.3 Å². The van der Waals surface area contributed by atoms with E-state index in [0.717, 1.165) is 39.9 Å². The number of aliphatic carboxylic acids is 1. The Kier molecular flexibility index (Phi) is 4.30. The van der Waals surface area contributed by atoms with Crippen molar-refractivity contribution in [3.05, 3.63) is 18.2 Å². The number of methoxy groups -OCH3 is 1. The largest absolute Gasteiger partial charge is 0.497 e. The van der Waals surface area contributed by atoms with Gasteiger partial charge in [0.05, 0.1) is 23.9 Å². The molecule has 7 heteroatoms. The van der Waals surface area contributed by atoms with Gasteiger partial charge in [-0.1, -0.05) is 11.8 Å². The molecule has 0 radical (unpaired) electrons. The number of hydrogen-bond acceptors (Lipinski definition) is 5. The van der Waals surface area contributed by atoms with Crippen molar-refractivity contribution in [3.63, 3.8) is 0 Å². The average Bonchev–Trinajstić information content (AvgIpc) is 3.10. The van der Waals surface area contributed by atoms with Crippen LogP contribution >= 0.6 is 23.5 Å². The van der Waals surface area contributed by atoms with Crippen molar-refractivity contribution in [2.75, 3.05) is 24.4 Å². The number of nitrogens with zero attached hydrogens (tertiary/aromatic N) is 2. The van der Waals surface area contributed by atoms with Crippen molar-refractivity contribution in [2.45, 2.75) is 17.6 Å². The number of thioether (sulfide) groups is 2. The first-order chi connectivity index (χ1) is 10.2. The molecule has 1 N–H and O–H groups in total. The molecule has 1 aliphatic heterocycles. The quantitative estimate of drug-likeness (QED) is 0.853. The minimum Gasteiger partial charge on any atom is -0.497 e. The molecule has 0 amide bonds. The van der Waals surface area contributed by atoms with Crippen molar-refractivity contribution in [1.29, 1.82) is 0 Å². The normalized spacial score (nSPS) is 18.2. The SMILES string of the molecule is COc1ccc2nc(SCC(=O)O)n(C3CCSC3)c2c1. The number of carboxylic acids is 1. The van der Waals surface area contributed by atoms with Crippen LogP contribution in [0.4, 0.5) is 0 Å². The third-order valence-corrected chi connectivity index (χ3v) is 5.54. The fourth-order valence-electron chi connectivity index (χ4n) is 2.48. The molecule has 1 fully saturated rings. The molecule has 2 aromatic rings. The maximum Gasteiger partial charge on any atom is 0.313 e. The molecule has 0 bridgehead atoms. The monoisotopic (exact) mass is 324 g/mol. The van der Waals surface area contributed by atoms with Gasteiger partial charge < -0.3 is 14.4 Å². The zero-order valence-electron chi connectivity index (χ0n) is 11.6. The summed E-state index contributed by atoms with van der Waals surface area (Å²) in [6, 6.07) is 6.17. The molecule has 21 heavy (non-hydrogen) atoms. The lowest BCUT2D eigenvalue weighted by Gasteiger charge is -2.15. The molecule has 0 spiro atoms. The van der Waals surface area contributed by atoms with Gasteiger partial charge in [0.2, 0.25) is 0 Å². The number of carboxylic acid groups (broad SMARTS) is 1. The van der Waals surface area contributed by atoms with E-state index in [1.165, 1.54) is 11.8 Å². The van der Waals surface area contributed by atoms with E-state index in [1.807, 2.05) is 30.0 Å². The van der Waals surface area contributed by atoms with Gasteiger partial charge in [0, 0.05) is 17.9 Å². The lowest BCUT2D eigenvalue weighted by molar-refractivity contribution is -0.133. The maximum atomic E-state index is 10.8. The third-order valence-electron chi connectivity index (χ3n) is 3.46. The van der Waals surface area contributed by atoms with Gasteiger partial charge in [0.15, 0.2) is 5.16 Å². The van der Waals surface area contributed by atoms with Crippen LogP contribution in [-0.2, 0) is 4.79 Å². The van der Waals surface area contributed by atoms with Gasteiger partial charge in [0.1, 0.15) is 5.75 Å². The van der Waals surface area contributed by atoms with Crippen LogP contribution in [0, 0.1) is 0 Å². The van der Waals surface area contributed by atoms with E-state index < -0.39 is 5.97 Å². The number of rotatable bonds is 5. The minimum absolute atomic E-state index is 0.0281. The second-order valence-electron chi connectivity index (χ2n) is 4.82. The minimum atomic E-state index is -0.822. The molecule has 1 saturated heterocycles. The lowest BCUT2D eigenvalue weighted by atomic mass is 10.2. The van der Waals surface area contributed by atoms with Crippen molar-refractivity contribution < 1.29 is 14.6 Å². The van der Waals surface area contributed by atoms with Crippen molar-refractivity contribution in [1.82, 2.24) is 9.55 Å². The maximum absolute atomic E-state index is 10.8. The summed E-state index contributed by atoms with van der Waals surface area (Å²) in [5, 5.41) is 9.69. The Labute approximate surface area is 131 Å². The van der Waals surface area contributed by atoms with Crippen LogP contribution in [-0.4, -0.2) is 45.0 Å². The Morgan fingerprint density at radius 1 is 1.62 bits per heavy atom. The van der Waals surface area contributed by atoms with Gasteiger partial charge in [-0.15, -0.1) is 0 Å². The number of carbonyl (C=O) groups is 1. The smallest absolute Gasteiger partial charge is 0.313 e. The van der Waals surface area contributed by atoms with Crippen LogP contribution in [0.5, 0.6) is 5.75 Å². The van der Waals surface area contributed by atoms with Gasteiger partial charge in [0.25, 0.3) is 0 Å². The van der Waals surface area contributed by atoms with Crippen molar-refractivity contribution in [2.24, 2.45) is 0 Å². The Morgan fingerprint density at radius 2 is 2.48 bits per heavy atom. The number of hydrogen-bond donors (Lipinski definition) is 1. The summed E-state index contributed by atoms with van der Waals surface area (Å²) in [6.07, 6.45) is 1.09. The molecule has 1 aromatic carbocycles. The molecular weight excluding hydrogens is 308 g/mol. The fraction of sp³-hybridized carbons (Fsp3) is 0.429. The highest BCUT2D eigenvalue weighted by Crippen LogP contribution is 2.36. The zero-order valence-corrected chi connectivity index (χ0v) is 13.2. The summed E-state index contributed by atoms with van der Waals surface area (Å²) < 4.78 is 7.49. The highest BCUT2D eigenvalue weighted by molar-refractivity contribution is 8.00. The van der Waals surface area contributed by atoms with Crippen molar-refractivity contribution in [3.8, 4) is 5.75 Å². The topological polar surface area (TPSA) is 64.3 Å². The first-order valence-corrected chi connectivity index (χ1v) is 8.81. The summed E-state index contributed by atoms with van der Waals surface area (Å²) in [5.74, 6) is 2.18. The summed E-state index contributed by atoms with van der Waals surface area (Å²) in [7, 11) is 1.65. The second-order valence-corrected chi connectivity index (χ2v) is 6.91. The van der Waals surface area contributed by atoms with Gasteiger partial charge in [-0.25, -0.2) is 4.98 Å². The van der Waals surface area contributed by atoms with E-state index in [2.05, 4.69) is 9.55 Å². The Morgan fingerprint density at radius 3 is 3.14 bits per heavy atom. The zero-order chi connectivity index (χ0) is 14.8. The Bertz CT molecular complexity index is 666. The molecule has 2 heterocycles. The van der Waals surface area contributed by atoms with E-state index in [4.69, 9.17) is 9.84 Å². The molecule has 1 unspecified atom stereocenters. The van der Waals surface area contributed by atoms with Crippen LogP contribution in [0.2, 0.25) is 0 Å². The first kappa shape index (κ1) is 14.6. The van der Waals surface area contributed by atoms with E-state index in [-0.39, 0.29) is 5.75 Å². The summed E-state index contributed by atoms with van der Waals surface area (Å²) in [4.78, 5) is 15.4. The molecule has 1 aromatic heterocycles. The summed E-state index contributed by atoms with van der Waals surface area (Å²) >= 11 is 3.21. The molecule has 3 rings (SSSR count). The molecule has 1 aliphatic rings. The van der Waals surface area contributed by atoms with E-state index in [0.29, 0.717) is 6.04 Å². The third kappa shape index (κ3) is 2.98. The number of benzene rings is 1. The lowest BCUT2D eigenvalue weighted by Crippen LogP contribution is -2.10. The molecule has 0 aliphatic carbocycles. The van der Waals surface area contributed by atoms with Crippen LogP contribution in [0.1, 0.15) is 12.5 Å². The van der Waals surface area contributed by atoms with Gasteiger partial charge in [-0.2, -0.15) is 11.8 Å². The fourth-order valence-corrected chi connectivity index (χ4v) is 4.48. The summed E-state index contributed by atoms with van der Waals surface area (Å²) in [5.41, 5.74) is 1.91. The number of ether oxygens (including phenoxy) is 1. The van der Waals surface area contributed by atoms with Gasteiger partial charge in [-0.3, -0.25) is 4.79 Å². The Balaban J connectivity index is 2.06. The van der Waals surface area contributed by atoms with Gasteiger partial charge >= 0.3 is 5.97 Å². The number of fused-ring (bicyclic) bond motifs is 1. The first-order valence-electron chi connectivity index (χ1n) is 6.67. The molecule has 1 atom stereocenters. The van der Waals surface area contributed by atoms with Crippen LogP contribution in [0.15, 0.2) is 23.4 Å². The number of aromatic nitrogens is 2. The predicted molar refractivity (Wildman–Crippen MR) is 85.6 cm³/mol. The van der Waals surface area contributed by atoms with Crippen molar-refractivity contribution >= 4 is 40.5 Å². The van der Waals surface area contributed by atoms with Crippen LogP contribution < -0.4 is 4.74 Å². The molecular formula is C14H16N2O3S2. The second kappa shape index (κ2) is 6.19. The number of imidazole rings is 1. The van der Waals surface area contributed by atoms with E-state index in [1.54, 1.807) is 7.11 Å². The van der Waals surface area contributed by atoms with E-state index in [9.17, 15) is 4.79 Å². The standard InChI is InChI=1S/C14H16N2O3S2/c1-19-10-2-3-11-12(6-10)16(9-4-5-20-7-9)14(15-11)21-8-13(17)18/h2-3,6,9H,4-5,7-8H2,1H3,(H,17,18). The molecule has 112 valence electrons.